The van der Waals surface area contributed by atoms with Crippen LogP contribution in [-0.4, -0.2) is 19.3 Å². The van der Waals surface area contributed by atoms with Crippen molar-refractivity contribution in [3.05, 3.63) is 53.6 Å². The van der Waals surface area contributed by atoms with Crippen molar-refractivity contribution in [3.63, 3.8) is 0 Å². The van der Waals surface area contributed by atoms with Crippen LogP contribution in [0.4, 0.5) is 0 Å². The van der Waals surface area contributed by atoms with Crippen molar-refractivity contribution in [1.29, 1.82) is 0 Å². The lowest BCUT2D eigenvalue weighted by atomic mass is 10.1. The molecule has 1 N–H and O–H groups in total. The fourth-order valence-corrected chi connectivity index (χ4v) is 2.09. The number of rotatable bonds is 6. The van der Waals surface area contributed by atoms with E-state index in [4.69, 9.17) is 14.2 Å². The van der Waals surface area contributed by atoms with Crippen LogP contribution >= 0.6 is 0 Å². The van der Waals surface area contributed by atoms with Crippen LogP contribution < -0.4 is 14.2 Å². The lowest BCUT2D eigenvalue weighted by Crippen LogP contribution is -2.01. The highest BCUT2D eigenvalue weighted by atomic mass is 16.5. The molecule has 0 heterocycles. The topological polar surface area (TPSA) is 47.9 Å². The molecule has 112 valence electrons. The van der Waals surface area contributed by atoms with Crippen molar-refractivity contribution < 1.29 is 19.3 Å². The summed E-state index contributed by atoms with van der Waals surface area (Å²) in [6.45, 7) is 2.11. The molecule has 0 aliphatic carbocycles. The summed E-state index contributed by atoms with van der Waals surface area (Å²) in [6, 6.07) is 13.1. The van der Waals surface area contributed by atoms with Crippen LogP contribution in [0.2, 0.25) is 0 Å². The van der Waals surface area contributed by atoms with Gasteiger partial charge in [-0.15, -0.1) is 0 Å². The van der Waals surface area contributed by atoms with Gasteiger partial charge in [0.2, 0.25) is 0 Å². The second-order valence-electron chi connectivity index (χ2n) is 4.69. The Balaban J connectivity index is 2.13. The van der Waals surface area contributed by atoms with Crippen LogP contribution in [0, 0.1) is 0 Å². The van der Waals surface area contributed by atoms with Gasteiger partial charge in [0.15, 0.2) is 11.5 Å². The van der Waals surface area contributed by atoms with Crippen LogP contribution in [0.1, 0.15) is 24.2 Å². The van der Waals surface area contributed by atoms with Gasteiger partial charge >= 0.3 is 0 Å². The summed E-state index contributed by atoms with van der Waals surface area (Å²) in [5.74, 6) is 2.04. The lowest BCUT2D eigenvalue weighted by Gasteiger charge is -2.14. The summed E-state index contributed by atoms with van der Waals surface area (Å²) in [6.07, 6.45) is -0.563. The minimum Gasteiger partial charge on any atom is -0.493 e. The Morgan fingerprint density at radius 2 is 1.67 bits per heavy atom. The van der Waals surface area contributed by atoms with Crippen molar-refractivity contribution in [2.24, 2.45) is 0 Å². The van der Waals surface area contributed by atoms with Gasteiger partial charge in [-0.05, 0) is 30.7 Å². The minimum atomic E-state index is -0.563. The van der Waals surface area contributed by atoms with Crippen molar-refractivity contribution in [3.8, 4) is 17.2 Å². The van der Waals surface area contributed by atoms with Crippen LogP contribution in [0.25, 0.3) is 0 Å². The highest BCUT2D eigenvalue weighted by molar-refractivity contribution is 5.43. The monoisotopic (exact) mass is 288 g/mol. The molecule has 0 saturated carbocycles. The van der Waals surface area contributed by atoms with Crippen LogP contribution in [0.3, 0.4) is 0 Å². The number of ether oxygens (including phenoxy) is 3. The summed E-state index contributed by atoms with van der Waals surface area (Å²) in [4.78, 5) is 0. The summed E-state index contributed by atoms with van der Waals surface area (Å²) in [5, 5.41) is 9.74. The Morgan fingerprint density at radius 3 is 2.33 bits per heavy atom. The van der Waals surface area contributed by atoms with Gasteiger partial charge in [0.05, 0.1) is 20.3 Å². The van der Waals surface area contributed by atoms with Crippen molar-refractivity contribution in [1.82, 2.24) is 0 Å². The molecule has 21 heavy (non-hydrogen) atoms. The molecule has 2 aromatic rings. The molecular formula is C17H20O4. The number of hydrogen-bond acceptors (Lipinski definition) is 4. The van der Waals surface area contributed by atoms with Crippen LogP contribution in [0.5, 0.6) is 17.2 Å². The first kappa shape index (κ1) is 15.2. The van der Waals surface area contributed by atoms with Crippen LogP contribution in [-0.2, 0) is 6.61 Å². The van der Waals surface area contributed by atoms with Gasteiger partial charge in [0.25, 0.3) is 0 Å². The van der Waals surface area contributed by atoms with E-state index in [-0.39, 0.29) is 0 Å². The number of para-hydroxylation sites is 1. The van der Waals surface area contributed by atoms with E-state index in [0.717, 1.165) is 11.1 Å². The molecule has 0 bridgehead atoms. The van der Waals surface area contributed by atoms with Gasteiger partial charge in [-0.1, -0.05) is 24.3 Å². The summed E-state index contributed by atoms with van der Waals surface area (Å²) >= 11 is 0. The van der Waals surface area contributed by atoms with E-state index in [1.807, 2.05) is 42.5 Å². The zero-order valence-electron chi connectivity index (χ0n) is 12.5. The van der Waals surface area contributed by atoms with E-state index in [2.05, 4.69) is 0 Å². The first-order chi connectivity index (χ1) is 10.2. The van der Waals surface area contributed by atoms with Gasteiger partial charge < -0.3 is 19.3 Å². The molecule has 0 fully saturated rings. The molecule has 0 unspecified atom stereocenters. The molecule has 2 rings (SSSR count). The predicted octanol–water partition coefficient (Wildman–Crippen LogP) is 3.34. The third-order valence-electron chi connectivity index (χ3n) is 3.21. The number of aliphatic hydroxyl groups excluding tert-OH is 1. The first-order valence-electron chi connectivity index (χ1n) is 6.76. The third kappa shape index (κ3) is 3.67. The molecule has 0 amide bonds. The number of hydrogen-bond donors (Lipinski definition) is 1. The zero-order chi connectivity index (χ0) is 15.2. The molecule has 0 aromatic heterocycles. The molecule has 0 aliphatic rings. The molecular weight excluding hydrogens is 268 g/mol. The molecule has 0 aliphatic heterocycles. The smallest absolute Gasteiger partial charge is 0.161 e. The highest BCUT2D eigenvalue weighted by Gasteiger charge is 2.09. The van der Waals surface area contributed by atoms with Gasteiger partial charge in [0, 0.05) is 5.56 Å². The number of aliphatic hydroxyl groups is 1. The summed E-state index contributed by atoms with van der Waals surface area (Å²) < 4.78 is 16.3. The average molecular weight is 288 g/mol. The Hall–Kier alpha value is -2.20. The Kier molecular flexibility index (Phi) is 5.06. The Labute approximate surface area is 124 Å². The van der Waals surface area contributed by atoms with E-state index in [1.54, 1.807) is 21.1 Å². The quantitative estimate of drug-likeness (QED) is 0.885. The van der Waals surface area contributed by atoms with Gasteiger partial charge in [-0.25, -0.2) is 0 Å². The maximum Gasteiger partial charge on any atom is 0.161 e. The van der Waals surface area contributed by atoms with E-state index < -0.39 is 6.10 Å². The Bertz CT molecular complexity index is 593. The molecule has 0 spiro atoms. The van der Waals surface area contributed by atoms with Gasteiger partial charge in [-0.2, -0.15) is 0 Å². The molecule has 4 nitrogen and oxygen atoms in total. The highest BCUT2D eigenvalue weighted by Crippen LogP contribution is 2.29. The zero-order valence-corrected chi connectivity index (χ0v) is 12.5. The van der Waals surface area contributed by atoms with E-state index in [9.17, 15) is 5.11 Å². The van der Waals surface area contributed by atoms with E-state index >= 15 is 0 Å². The van der Waals surface area contributed by atoms with Crippen LogP contribution in [0.15, 0.2) is 42.5 Å². The largest absolute Gasteiger partial charge is 0.493 e. The van der Waals surface area contributed by atoms with Gasteiger partial charge in [-0.3, -0.25) is 0 Å². The summed E-state index contributed by atoms with van der Waals surface area (Å²) in [7, 11) is 3.21. The normalized spacial score (nSPS) is 11.8. The van der Waals surface area contributed by atoms with Gasteiger partial charge in [0.1, 0.15) is 12.4 Å². The molecule has 0 radical (unpaired) electrons. The first-order valence-corrected chi connectivity index (χ1v) is 6.76. The lowest BCUT2D eigenvalue weighted by molar-refractivity contribution is 0.190. The second kappa shape index (κ2) is 6.99. The Morgan fingerprint density at radius 1 is 0.952 bits per heavy atom. The van der Waals surface area contributed by atoms with E-state index in [0.29, 0.717) is 23.9 Å². The maximum atomic E-state index is 9.74. The van der Waals surface area contributed by atoms with Crippen molar-refractivity contribution in [2.75, 3.05) is 14.2 Å². The van der Waals surface area contributed by atoms with E-state index in [1.165, 1.54) is 0 Å². The molecule has 4 heteroatoms. The molecule has 1 atom stereocenters. The van der Waals surface area contributed by atoms with Crippen molar-refractivity contribution >= 4 is 0 Å². The number of methoxy groups -OCH3 is 2. The van der Waals surface area contributed by atoms with Crippen molar-refractivity contribution in [2.45, 2.75) is 19.6 Å². The molecule has 0 saturated heterocycles. The second-order valence-corrected chi connectivity index (χ2v) is 4.69. The average Bonchev–Trinajstić information content (AvgIpc) is 2.52. The fraction of sp³-hybridized carbons (Fsp3) is 0.294. The predicted molar refractivity (Wildman–Crippen MR) is 81.0 cm³/mol. The fourth-order valence-electron chi connectivity index (χ4n) is 2.09. The maximum absolute atomic E-state index is 9.74. The summed E-state index contributed by atoms with van der Waals surface area (Å²) in [5.41, 5.74) is 1.74. The number of benzene rings is 2. The SMILES string of the molecule is COc1ccc(COc2ccccc2[C@@H](C)O)cc1OC. The minimum absolute atomic E-state index is 0.393. The third-order valence-corrected chi connectivity index (χ3v) is 3.21. The standard InChI is InChI=1S/C17H20O4/c1-12(18)14-6-4-5-7-15(14)21-11-13-8-9-16(19-2)17(10-13)20-3/h4-10,12,18H,11H2,1-3H3/t12-/m1/s1. The molecule has 2 aromatic carbocycles.